The molecule has 0 unspecified atom stereocenters. The molecule has 2 aromatic heterocycles. The lowest BCUT2D eigenvalue weighted by Crippen LogP contribution is -2.38. The SMILES string of the molecule is CN=C(NCc1nccc2ccccc12)N(C)Cc1cc(Br)cn1C. The van der Waals surface area contributed by atoms with Crippen LogP contribution >= 0.6 is 15.9 Å². The number of aromatic nitrogens is 2. The molecular weight excluding hydrogens is 378 g/mol. The molecule has 130 valence electrons. The zero-order valence-electron chi connectivity index (χ0n) is 14.7. The second-order valence-corrected chi connectivity index (χ2v) is 6.91. The first-order valence-corrected chi connectivity index (χ1v) is 8.93. The highest BCUT2D eigenvalue weighted by atomic mass is 79.9. The van der Waals surface area contributed by atoms with E-state index in [-0.39, 0.29) is 0 Å². The van der Waals surface area contributed by atoms with Crippen molar-refractivity contribution in [2.75, 3.05) is 14.1 Å². The minimum atomic E-state index is 0.634. The summed E-state index contributed by atoms with van der Waals surface area (Å²) in [5.41, 5.74) is 2.23. The number of nitrogens with zero attached hydrogens (tertiary/aromatic N) is 4. The van der Waals surface area contributed by atoms with Crippen molar-refractivity contribution >= 4 is 32.7 Å². The van der Waals surface area contributed by atoms with Crippen molar-refractivity contribution in [1.82, 2.24) is 19.8 Å². The van der Waals surface area contributed by atoms with Gasteiger partial charge in [0.15, 0.2) is 5.96 Å². The van der Waals surface area contributed by atoms with Crippen LogP contribution in [0.25, 0.3) is 10.8 Å². The Balaban J connectivity index is 1.71. The third kappa shape index (κ3) is 4.02. The molecule has 1 aromatic carbocycles. The Bertz CT molecular complexity index is 894. The molecule has 0 spiro atoms. The van der Waals surface area contributed by atoms with Gasteiger partial charge < -0.3 is 14.8 Å². The zero-order chi connectivity index (χ0) is 17.8. The van der Waals surface area contributed by atoms with Crippen LogP contribution in [0.5, 0.6) is 0 Å². The van der Waals surface area contributed by atoms with Gasteiger partial charge in [0.2, 0.25) is 0 Å². The largest absolute Gasteiger partial charge is 0.352 e. The maximum atomic E-state index is 4.53. The molecule has 0 saturated heterocycles. The summed E-state index contributed by atoms with van der Waals surface area (Å²) >= 11 is 3.52. The molecule has 3 rings (SSSR count). The summed E-state index contributed by atoms with van der Waals surface area (Å²) in [5.74, 6) is 0.840. The van der Waals surface area contributed by atoms with E-state index in [0.717, 1.165) is 22.7 Å². The van der Waals surface area contributed by atoms with Gasteiger partial charge in [-0.3, -0.25) is 9.98 Å². The lowest BCUT2D eigenvalue weighted by atomic mass is 10.1. The average molecular weight is 400 g/mol. The van der Waals surface area contributed by atoms with E-state index in [0.29, 0.717) is 6.54 Å². The van der Waals surface area contributed by atoms with Crippen LogP contribution in [0.3, 0.4) is 0 Å². The van der Waals surface area contributed by atoms with Gasteiger partial charge in [-0.15, -0.1) is 0 Å². The fourth-order valence-electron chi connectivity index (χ4n) is 2.91. The number of guanidine groups is 1. The molecular formula is C19H22BrN5. The van der Waals surface area contributed by atoms with Crippen LogP contribution in [0.2, 0.25) is 0 Å². The monoisotopic (exact) mass is 399 g/mol. The van der Waals surface area contributed by atoms with Crippen molar-refractivity contribution in [2.24, 2.45) is 12.0 Å². The second-order valence-electron chi connectivity index (χ2n) is 6.00. The second kappa shape index (κ2) is 7.70. The van der Waals surface area contributed by atoms with E-state index in [1.165, 1.54) is 16.5 Å². The lowest BCUT2D eigenvalue weighted by Gasteiger charge is -2.22. The molecule has 2 heterocycles. The topological polar surface area (TPSA) is 45.5 Å². The van der Waals surface area contributed by atoms with E-state index in [1.807, 2.05) is 38.5 Å². The lowest BCUT2D eigenvalue weighted by molar-refractivity contribution is 0.461. The maximum Gasteiger partial charge on any atom is 0.194 e. The molecule has 0 saturated carbocycles. The summed E-state index contributed by atoms with van der Waals surface area (Å²) in [4.78, 5) is 11.0. The molecule has 1 N–H and O–H groups in total. The van der Waals surface area contributed by atoms with Gasteiger partial charge in [0, 0.05) is 49.1 Å². The number of benzene rings is 1. The van der Waals surface area contributed by atoms with Gasteiger partial charge in [-0.25, -0.2) is 0 Å². The van der Waals surface area contributed by atoms with Crippen molar-refractivity contribution in [3.63, 3.8) is 0 Å². The Morgan fingerprint density at radius 1 is 1.32 bits per heavy atom. The van der Waals surface area contributed by atoms with E-state index in [9.17, 15) is 0 Å². The molecule has 6 heteroatoms. The minimum absolute atomic E-state index is 0.634. The molecule has 0 atom stereocenters. The van der Waals surface area contributed by atoms with E-state index in [1.54, 1.807) is 7.05 Å². The first kappa shape index (κ1) is 17.5. The molecule has 0 radical (unpaired) electrons. The van der Waals surface area contributed by atoms with Crippen LogP contribution in [0, 0.1) is 0 Å². The van der Waals surface area contributed by atoms with Gasteiger partial charge >= 0.3 is 0 Å². The Kier molecular flexibility index (Phi) is 5.38. The molecule has 0 aliphatic rings. The van der Waals surface area contributed by atoms with Crippen molar-refractivity contribution < 1.29 is 0 Å². The van der Waals surface area contributed by atoms with Crippen LogP contribution in [0.1, 0.15) is 11.4 Å². The van der Waals surface area contributed by atoms with Gasteiger partial charge in [0.1, 0.15) is 0 Å². The number of fused-ring (bicyclic) bond motifs is 1. The highest BCUT2D eigenvalue weighted by Crippen LogP contribution is 2.17. The minimum Gasteiger partial charge on any atom is -0.352 e. The van der Waals surface area contributed by atoms with Crippen molar-refractivity contribution in [3.8, 4) is 0 Å². The number of rotatable bonds is 4. The summed E-state index contributed by atoms with van der Waals surface area (Å²) in [5, 5.41) is 5.79. The quantitative estimate of drug-likeness (QED) is 0.538. The number of pyridine rings is 1. The van der Waals surface area contributed by atoms with E-state index in [4.69, 9.17) is 0 Å². The highest BCUT2D eigenvalue weighted by molar-refractivity contribution is 9.10. The fraction of sp³-hybridized carbons (Fsp3) is 0.263. The van der Waals surface area contributed by atoms with Crippen molar-refractivity contribution in [1.29, 1.82) is 0 Å². The molecule has 0 amide bonds. The number of nitrogens with one attached hydrogen (secondary N) is 1. The van der Waals surface area contributed by atoms with Crippen LogP contribution in [-0.2, 0) is 20.1 Å². The Morgan fingerprint density at radius 2 is 2.12 bits per heavy atom. The molecule has 3 aromatic rings. The Hall–Kier alpha value is -2.34. The summed E-state index contributed by atoms with van der Waals surface area (Å²) < 4.78 is 3.20. The number of halogens is 1. The molecule has 5 nitrogen and oxygen atoms in total. The smallest absolute Gasteiger partial charge is 0.194 e. The molecule has 25 heavy (non-hydrogen) atoms. The highest BCUT2D eigenvalue weighted by Gasteiger charge is 2.10. The predicted octanol–water partition coefficient (Wildman–Crippen LogP) is 3.54. The van der Waals surface area contributed by atoms with Crippen molar-refractivity contribution in [2.45, 2.75) is 13.1 Å². The van der Waals surface area contributed by atoms with Crippen LogP contribution < -0.4 is 5.32 Å². The molecule has 0 bridgehead atoms. The van der Waals surface area contributed by atoms with E-state index < -0.39 is 0 Å². The van der Waals surface area contributed by atoms with Crippen LogP contribution in [0.4, 0.5) is 0 Å². The first-order valence-electron chi connectivity index (χ1n) is 8.13. The summed E-state index contributed by atoms with van der Waals surface area (Å²) in [6.45, 7) is 1.40. The number of hydrogen-bond acceptors (Lipinski definition) is 2. The summed E-state index contributed by atoms with van der Waals surface area (Å²) in [7, 11) is 5.88. The third-order valence-corrected chi connectivity index (χ3v) is 4.65. The van der Waals surface area contributed by atoms with E-state index >= 15 is 0 Å². The van der Waals surface area contributed by atoms with Gasteiger partial charge in [-0.2, -0.15) is 0 Å². The van der Waals surface area contributed by atoms with Gasteiger partial charge in [0.05, 0.1) is 18.8 Å². The molecule has 0 aliphatic carbocycles. The van der Waals surface area contributed by atoms with Gasteiger partial charge in [0.25, 0.3) is 0 Å². The molecule has 0 fully saturated rings. The average Bonchev–Trinajstić information content (AvgIpc) is 2.92. The Morgan fingerprint density at radius 3 is 2.84 bits per heavy atom. The number of aryl methyl sites for hydroxylation is 1. The standard InChI is InChI=1S/C19H22BrN5/c1-21-19(25(3)13-16-10-15(20)12-24(16)2)23-11-18-17-7-5-4-6-14(17)8-9-22-18/h4-10,12H,11,13H2,1-3H3,(H,21,23). The number of aliphatic imine (C=N–C) groups is 1. The number of hydrogen-bond donors (Lipinski definition) is 1. The summed E-state index contributed by atoms with van der Waals surface area (Å²) in [6, 6.07) is 12.5. The third-order valence-electron chi connectivity index (χ3n) is 4.22. The fourth-order valence-corrected chi connectivity index (χ4v) is 3.48. The molecule has 0 aliphatic heterocycles. The predicted molar refractivity (Wildman–Crippen MR) is 107 cm³/mol. The normalized spacial score (nSPS) is 11.8. The zero-order valence-corrected chi connectivity index (χ0v) is 16.3. The summed E-state index contributed by atoms with van der Waals surface area (Å²) in [6.07, 6.45) is 3.91. The maximum absolute atomic E-state index is 4.53. The first-order chi connectivity index (χ1) is 12.1. The van der Waals surface area contributed by atoms with Crippen LogP contribution in [0.15, 0.2) is 58.3 Å². The van der Waals surface area contributed by atoms with E-state index in [2.05, 4.69) is 65.1 Å². The van der Waals surface area contributed by atoms with Gasteiger partial charge in [-0.1, -0.05) is 24.3 Å². The Labute approximate surface area is 156 Å². The van der Waals surface area contributed by atoms with Crippen LogP contribution in [-0.4, -0.2) is 34.5 Å². The van der Waals surface area contributed by atoms with Crippen molar-refractivity contribution in [3.05, 3.63) is 64.7 Å². The van der Waals surface area contributed by atoms with Gasteiger partial charge in [-0.05, 0) is 33.4 Å².